The van der Waals surface area contributed by atoms with Crippen molar-refractivity contribution in [3.63, 3.8) is 0 Å². The van der Waals surface area contributed by atoms with Crippen molar-refractivity contribution in [3.8, 4) is 0 Å². The van der Waals surface area contributed by atoms with Crippen LogP contribution >= 0.6 is 15.9 Å². The first-order valence-corrected chi connectivity index (χ1v) is 7.44. The van der Waals surface area contributed by atoms with Gasteiger partial charge < -0.3 is 9.67 Å². The molecule has 2 aromatic rings. The molecule has 0 amide bonds. The van der Waals surface area contributed by atoms with Crippen molar-refractivity contribution in [3.05, 3.63) is 40.0 Å². The van der Waals surface area contributed by atoms with Gasteiger partial charge in [0, 0.05) is 27.6 Å². The van der Waals surface area contributed by atoms with Crippen molar-refractivity contribution in [2.45, 2.75) is 37.8 Å². The standard InChI is InChI=1S/C15H14BrFN2O/c1-18-14-6-11-12(16)8-19(15(11)7-13(14)17)9-2-4-10(20)5-3-9/h6-10,20H,2-5H2. The number of fused-ring (bicyclic) bond motifs is 1. The Bertz CT molecular complexity index is 696. The number of hydrogen-bond donors (Lipinski definition) is 1. The van der Waals surface area contributed by atoms with Gasteiger partial charge in [-0.1, -0.05) is 0 Å². The monoisotopic (exact) mass is 336 g/mol. The highest BCUT2D eigenvalue weighted by Crippen LogP contribution is 2.37. The minimum atomic E-state index is -0.477. The highest BCUT2D eigenvalue weighted by molar-refractivity contribution is 9.10. The van der Waals surface area contributed by atoms with Crippen LogP contribution in [0.25, 0.3) is 15.7 Å². The van der Waals surface area contributed by atoms with E-state index < -0.39 is 5.82 Å². The number of benzene rings is 1. The predicted octanol–water partition coefficient (Wildman–Crippen LogP) is 4.57. The van der Waals surface area contributed by atoms with Gasteiger partial charge in [-0.25, -0.2) is 9.24 Å². The fraction of sp³-hybridized carbons (Fsp3) is 0.400. The maximum absolute atomic E-state index is 13.9. The Kier molecular flexibility index (Phi) is 3.53. The highest BCUT2D eigenvalue weighted by Gasteiger charge is 2.23. The lowest BCUT2D eigenvalue weighted by Crippen LogP contribution is -2.20. The normalized spacial score (nSPS) is 22.9. The molecule has 0 unspecified atom stereocenters. The molecule has 3 rings (SSSR count). The second-order valence-corrected chi connectivity index (χ2v) is 6.13. The molecule has 1 fully saturated rings. The summed E-state index contributed by atoms with van der Waals surface area (Å²) in [6.07, 6.45) is 5.10. The van der Waals surface area contributed by atoms with E-state index in [1.807, 2.05) is 6.20 Å². The zero-order chi connectivity index (χ0) is 14.3. The lowest BCUT2D eigenvalue weighted by atomic mass is 9.93. The van der Waals surface area contributed by atoms with E-state index in [0.717, 1.165) is 41.1 Å². The highest BCUT2D eigenvalue weighted by atomic mass is 79.9. The molecule has 1 heterocycles. The zero-order valence-electron chi connectivity index (χ0n) is 10.8. The van der Waals surface area contributed by atoms with Crippen LogP contribution < -0.4 is 0 Å². The van der Waals surface area contributed by atoms with Crippen molar-refractivity contribution in [2.75, 3.05) is 0 Å². The van der Waals surface area contributed by atoms with E-state index in [9.17, 15) is 9.50 Å². The van der Waals surface area contributed by atoms with Gasteiger partial charge in [0.05, 0.1) is 12.7 Å². The van der Waals surface area contributed by atoms with Crippen molar-refractivity contribution < 1.29 is 9.50 Å². The summed E-state index contributed by atoms with van der Waals surface area (Å²) < 4.78 is 16.8. The van der Waals surface area contributed by atoms with E-state index in [4.69, 9.17) is 6.57 Å². The molecule has 1 aliphatic carbocycles. The van der Waals surface area contributed by atoms with Crippen LogP contribution in [0.2, 0.25) is 0 Å². The lowest BCUT2D eigenvalue weighted by molar-refractivity contribution is 0.111. The van der Waals surface area contributed by atoms with Crippen LogP contribution in [0.5, 0.6) is 0 Å². The summed E-state index contributed by atoms with van der Waals surface area (Å²) >= 11 is 3.49. The van der Waals surface area contributed by atoms with Crippen LogP contribution in [0.15, 0.2) is 22.8 Å². The number of halogens is 2. The largest absolute Gasteiger partial charge is 0.393 e. The molecule has 1 aliphatic rings. The Hall–Kier alpha value is -1.38. The predicted molar refractivity (Wildman–Crippen MR) is 79.4 cm³/mol. The summed E-state index contributed by atoms with van der Waals surface area (Å²) in [6.45, 7) is 6.99. The second-order valence-electron chi connectivity index (χ2n) is 5.28. The van der Waals surface area contributed by atoms with Gasteiger partial charge in [0.2, 0.25) is 5.69 Å². The third-order valence-electron chi connectivity index (χ3n) is 4.03. The van der Waals surface area contributed by atoms with Crippen molar-refractivity contribution in [1.82, 2.24) is 4.57 Å². The number of aliphatic hydroxyl groups excluding tert-OH is 1. The average Bonchev–Trinajstić information content (AvgIpc) is 2.75. The Morgan fingerprint density at radius 1 is 1.30 bits per heavy atom. The van der Waals surface area contributed by atoms with Crippen LogP contribution in [0, 0.1) is 12.4 Å². The van der Waals surface area contributed by atoms with Gasteiger partial charge in [0.15, 0.2) is 0 Å². The molecule has 0 saturated heterocycles. The van der Waals surface area contributed by atoms with Gasteiger partial charge in [-0.3, -0.25) is 0 Å². The van der Waals surface area contributed by atoms with E-state index >= 15 is 0 Å². The number of aliphatic hydroxyl groups is 1. The van der Waals surface area contributed by atoms with E-state index in [1.54, 1.807) is 6.07 Å². The fourth-order valence-electron chi connectivity index (χ4n) is 2.94. The molecular formula is C15H14BrFN2O. The molecule has 0 spiro atoms. The van der Waals surface area contributed by atoms with Crippen LogP contribution in [0.1, 0.15) is 31.7 Å². The third kappa shape index (κ3) is 2.23. The minimum absolute atomic E-state index is 0.0509. The summed E-state index contributed by atoms with van der Waals surface area (Å²) in [7, 11) is 0. The quantitative estimate of drug-likeness (QED) is 0.759. The Morgan fingerprint density at radius 2 is 2.00 bits per heavy atom. The molecule has 104 valence electrons. The maximum Gasteiger partial charge on any atom is 0.222 e. The van der Waals surface area contributed by atoms with Crippen molar-refractivity contribution in [2.24, 2.45) is 0 Å². The summed E-state index contributed by atoms with van der Waals surface area (Å²) in [4.78, 5) is 3.20. The average molecular weight is 337 g/mol. The molecule has 1 N–H and O–H groups in total. The van der Waals surface area contributed by atoms with Gasteiger partial charge in [0.1, 0.15) is 5.82 Å². The summed E-state index contributed by atoms with van der Waals surface area (Å²) in [5.74, 6) is -0.477. The SMILES string of the molecule is [C-]#[N+]c1cc2c(Br)cn(C3CCC(O)CC3)c2cc1F. The second kappa shape index (κ2) is 5.19. The summed E-state index contributed by atoms with van der Waals surface area (Å²) in [5.41, 5.74) is 0.859. The van der Waals surface area contributed by atoms with Gasteiger partial charge in [-0.2, -0.15) is 0 Å². The van der Waals surface area contributed by atoms with E-state index in [1.165, 1.54) is 6.07 Å². The summed E-state index contributed by atoms with van der Waals surface area (Å²) in [5, 5.41) is 10.5. The van der Waals surface area contributed by atoms with Crippen LogP contribution in [0.4, 0.5) is 10.1 Å². The molecule has 0 aliphatic heterocycles. The first-order chi connectivity index (χ1) is 9.60. The van der Waals surface area contributed by atoms with Crippen molar-refractivity contribution in [1.29, 1.82) is 0 Å². The molecule has 20 heavy (non-hydrogen) atoms. The van der Waals surface area contributed by atoms with Crippen LogP contribution in [-0.4, -0.2) is 15.8 Å². The molecule has 0 radical (unpaired) electrons. The van der Waals surface area contributed by atoms with E-state index in [-0.39, 0.29) is 17.8 Å². The molecule has 1 aromatic heterocycles. The van der Waals surface area contributed by atoms with Gasteiger partial charge >= 0.3 is 0 Å². The van der Waals surface area contributed by atoms with E-state index in [2.05, 4.69) is 25.3 Å². The lowest BCUT2D eigenvalue weighted by Gasteiger charge is -2.27. The minimum Gasteiger partial charge on any atom is -0.393 e. The number of nitrogens with zero attached hydrogens (tertiary/aromatic N) is 2. The summed E-state index contributed by atoms with van der Waals surface area (Å²) in [6, 6.07) is 3.32. The molecular weight excluding hydrogens is 323 g/mol. The maximum atomic E-state index is 13.9. The third-order valence-corrected chi connectivity index (χ3v) is 4.67. The van der Waals surface area contributed by atoms with Crippen LogP contribution in [0.3, 0.4) is 0 Å². The first-order valence-electron chi connectivity index (χ1n) is 6.65. The molecule has 1 saturated carbocycles. The Labute approximate surface area is 125 Å². The number of hydrogen-bond acceptors (Lipinski definition) is 1. The molecule has 3 nitrogen and oxygen atoms in total. The Balaban J connectivity index is 2.08. The zero-order valence-corrected chi connectivity index (χ0v) is 12.4. The Morgan fingerprint density at radius 3 is 2.65 bits per heavy atom. The fourth-order valence-corrected chi connectivity index (χ4v) is 3.48. The molecule has 1 aromatic carbocycles. The van der Waals surface area contributed by atoms with Gasteiger partial charge in [0.25, 0.3) is 0 Å². The van der Waals surface area contributed by atoms with Gasteiger partial charge in [-0.05, 0) is 53.7 Å². The van der Waals surface area contributed by atoms with Crippen molar-refractivity contribution >= 4 is 32.5 Å². The van der Waals surface area contributed by atoms with Gasteiger partial charge in [-0.15, -0.1) is 0 Å². The molecule has 0 bridgehead atoms. The number of aromatic nitrogens is 1. The number of rotatable bonds is 1. The molecule has 5 heteroatoms. The smallest absolute Gasteiger partial charge is 0.222 e. The van der Waals surface area contributed by atoms with Crippen LogP contribution in [-0.2, 0) is 0 Å². The molecule has 0 atom stereocenters. The first kappa shape index (κ1) is 13.6. The topological polar surface area (TPSA) is 29.5 Å². The van der Waals surface area contributed by atoms with E-state index in [0.29, 0.717) is 0 Å².